The van der Waals surface area contributed by atoms with Crippen molar-refractivity contribution in [2.45, 2.75) is 20.8 Å². The Morgan fingerprint density at radius 3 is 2.53 bits per heavy atom. The summed E-state index contributed by atoms with van der Waals surface area (Å²) in [6, 6.07) is 9.80. The number of anilines is 1. The molecule has 0 aliphatic heterocycles. The first kappa shape index (κ1) is 11.6. The van der Waals surface area contributed by atoms with E-state index in [4.69, 9.17) is 5.26 Å². The molecule has 0 aliphatic carbocycles. The summed E-state index contributed by atoms with van der Waals surface area (Å²) in [6.45, 7) is 7.55. The van der Waals surface area contributed by atoms with Gasteiger partial charge in [-0.1, -0.05) is 32.9 Å². The summed E-state index contributed by atoms with van der Waals surface area (Å²) in [5.41, 5.74) is 1.65. The van der Waals surface area contributed by atoms with Gasteiger partial charge in [0.15, 0.2) is 0 Å². The number of nitriles is 1. The van der Waals surface area contributed by atoms with E-state index >= 15 is 0 Å². The number of benzene rings is 1. The Morgan fingerprint density at radius 2 is 1.93 bits per heavy atom. The molecule has 0 saturated carbocycles. The second kappa shape index (κ2) is 5.41. The van der Waals surface area contributed by atoms with E-state index in [1.54, 1.807) is 0 Å². The van der Waals surface area contributed by atoms with Crippen LogP contribution in [0.4, 0.5) is 5.69 Å². The van der Waals surface area contributed by atoms with Crippen molar-refractivity contribution in [1.82, 2.24) is 0 Å². The second-order valence-corrected chi connectivity index (χ2v) is 4.26. The quantitative estimate of drug-likeness (QED) is 0.813. The fourth-order valence-electron chi connectivity index (χ4n) is 1.24. The molecule has 1 aromatic carbocycles. The summed E-state index contributed by atoms with van der Waals surface area (Å²) in [4.78, 5) is 0. The van der Waals surface area contributed by atoms with Gasteiger partial charge < -0.3 is 5.32 Å². The Balaban J connectivity index is 2.62. The van der Waals surface area contributed by atoms with Gasteiger partial charge in [-0.3, -0.25) is 0 Å². The van der Waals surface area contributed by atoms with Gasteiger partial charge in [-0.05, 0) is 24.0 Å². The van der Waals surface area contributed by atoms with E-state index in [0.29, 0.717) is 17.4 Å². The van der Waals surface area contributed by atoms with Gasteiger partial charge >= 0.3 is 0 Å². The monoisotopic (exact) mass is 202 g/mol. The van der Waals surface area contributed by atoms with E-state index in [-0.39, 0.29) is 0 Å². The molecule has 1 unspecified atom stereocenters. The van der Waals surface area contributed by atoms with E-state index in [0.717, 1.165) is 12.2 Å². The highest BCUT2D eigenvalue weighted by atomic mass is 14.9. The molecule has 0 amide bonds. The molecule has 0 fully saturated rings. The zero-order valence-electron chi connectivity index (χ0n) is 9.62. The Morgan fingerprint density at radius 1 is 1.27 bits per heavy atom. The maximum absolute atomic E-state index is 8.90. The zero-order chi connectivity index (χ0) is 11.3. The first-order valence-corrected chi connectivity index (χ1v) is 5.38. The molecule has 2 heteroatoms. The second-order valence-electron chi connectivity index (χ2n) is 4.26. The summed E-state index contributed by atoms with van der Waals surface area (Å²) in [5, 5.41) is 12.2. The minimum atomic E-state index is 0.608. The van der Waals surface area contributed by atoms with Crippen LogP contribution >= 0.6 is 0 Å². The Hall–Kier alpha value is -1.49. The molecule has 1 N–H and O–H groups in total. The maximum atomic E-state index is 8.90. The molecule has 0 aliphatic rings. The molecule has 0 aromatic heterocycles. The lowest BCUT2D eigenvalue weighted by Gasteiger charge is -2.17. The van der Waals surface area contributed by atoms with Crippen LogP contribution in [0.15, 0.2) is 24.3 Å². The highest BCUT2D eigenvalue weighted by Gasteiger charge is 2.07. The predicted molar refractivity (Wildman–Crippen MR) is 63.6 cm³/mol. The van der Waals surface area contributed by atoms with Crippen LogP contribution in [0.2, 0.25) is 0 Å². The topological polar surface area (TPSA) is 35.8 Å². The predicted octanol–water partition coefficient (Wildman–Crippen LogP) is 3.26. The van der Waals surface area contributed by atoms with Crippen LogP contribution in [0, 0.1) is 23.2 Å². The van der Waals surface area contributed by atoms with Gasteiger partial charge in [0.25, 0.3) is 0 Å². The van der Waals surface area contributed by atoms with Crippen LogP contribution in [0.25, 0.3) is 0 Å². The molecule has 80 valence electrons. The van der Waals surface area contributed by atoms with Gasteiger partial charge in [-0.2, -0.15) is 5.26 Å². The number of hydrogen-bond donors (Lipinski definition) is 1. The van der Waals surface area contributed by atoms with Crippen LogP contribution < -0.4 is 5.32 Å². The summed E-state index contributed by atoms with van der Waals surface area (Å²) in [7, 11) is 0. The van der Waals surface area contributed by atoms with Crippen LogP contribution in [0.3, 0.4) is 0 Å². The van der Waals surface area contributed by atoms with Gasteiger partial charge in [-0.25, -0.2) is 0 Å². The third kappa shape index (κ3) is 3.28. The van der Waals surface area contributed by atoms with Crippen molar-refractivity contribution in [3.05, 3.63) is 29.8 Å². The molecule has 0 radical (unpaired) electrons. The minimum Gasteiger partial charge on any atom is -0.384 e. The van der Waals surface area contributed by atoms with Crippen molar-refractivity contribution in [2.24, 2.45) is 11.8 Å². The van der Waals surface area contributed by atoms with Crippen LogP contribution in [-0.4, -0.2) is 6.54 Å². The van der Waals surface area contributed by atoms with E-state index < -0.39 is 0 Å². The van der Waals surface area contributed by atoms with Gasteiger partial charge in [0.1, 0.15) is 6.07 Å². The fraction of sp³-hybridized carbons (Fsp3) is 0.462. The highest BCUT2D eigenvalue weighted by molar-refractivity contribution is 5.57. The molecule has 0 saturated heterocycles. The third-order valence-electron chi connectivity index (χ3n) is 2.80. The Labute approximate surface area is 91.9 Å². The first-order chi connectivity index (χ1) is 7.15. The molecular weight excluding hydrogens is 184 g/mol. The average molecular weight is 202 g/mol. The molecule has 1 atom stereocenters. The van der Waals surface area contributed by atoms with Crippen molar-refractivity contribution >= 4 is 5.69 Å². The number of para-hydroxylation sites is 1. The lowest BCUT2D eigenvalue weighted by Crippen LogP contribution is -2.16. The summed E-state index contributed by atoms with van der Waals surface area (Å²) in [6.07, 6.45) is 0. The minimum absolute atomic E-state index is 0.608. The largest absolute Gasteiger partial charge is 0.384 e. The number of rotatable bonds is 4. The molecule has 1 aromatic rings. The third-order valence-corrected chi connectivity index (χ3v) is 2.80. The van der Waals surface area contributed by atoms with Crippen molar-refractivity contribution in [3.63, 3.8) is 0 Å². The van der Waals surface area contributed by atoms with E-state index in [2.05, 4.69) is 32.2 Å². The molecule has 15 heavy (non-hydrogen) atoms. The van der Waals surface area contributed by atoms with Gasteiger partial charge in [0.05, 0.1) is 11.3 Å². The van der Waals surface area contributed by atoms with E-state index in [1.165, 1.54) is 0 Å². The van der Waals surface area contributed by atoms with Crippen LogP contribution in [0.1, 0.15) is 26.3 Å². The number of nitrogens with zero attached hydrogens (tertiary/aromatic N) is 1. The van der Waals surface area contributed by atoms with Crippen molar-refractivity contribution < 1.29 is 0 Å². The maximum Gasteiger partial charge on any atom is 0.101 e. The molecule has 0 heterocycles. The standard InChI is InChI=1S/C13H18N2/c1-10(2)11(3)9-15-13-7-5-4-6-12(13)8-14/h4-7,10-11,15H,9H2,1-3H3. The zero-order valence-corrected chi connectivity index (χ0v) is 9.62. The van der Waals surface area contributed by atoms with Crippen LogP contribution in [-0.2, 0) is 0 Å². The molecule has 2 nitrogen and oxygen atoms in total. The summed E-state index contributed by atoms with van der Waals surface area (Å²) >= 11 is 0. The van der Waals surface area contributed by atoms with Crippen molar-refractivity contribution in [2.75, 3.05) is 11.9 Å². The fourth-order valence-corrected chi connectivity index (χ4v) is 1.24. The molecule has 0 bridgehead atoms. The SMILES string of the molecule is CC(C)C(C)CNc1ccccc1C#N. The van der Waals surface area contributed by atoms with Crippen molar-refractivity contribution in [1.29, 1.82) is 5.26 Å². The van der Waals surface area contributed by atoms with Crippen molar-refractivity contribution in [3.8, 4) is 6.07 Å². The van der Waals surface area contributed by atoms with Gasteiger partial charge in [0.2, 0.25) is 0 Å². The normalized spacial score (nSPS) is 12.2. The molecular formula is C13H18N2. The molecule has 1 rings (SSSR count). The van der Waals surface area contributed by atoms with Gasteiger partial charge in [0, 0.05) is 6.54 Å². The van der Waals surface area contributed by atoms with Crippen LogP contribution in [0.5, 0.6) is 0 Å². The average Bonchev–Trinajstić information content (AvgIpc) is 2.26. The summed E-state index contributed by atoms with van der Waals surface area (Å²) < 4.78 is 0. The number of hydrogen-bond acceptors (Lipinski definition) is 2. The molecule has 0 spiro atoms. The van der Waals surface area contributed by atoms with E-state index in [9.17, 15) is 0 Å². The lowest BCUT2D eigenvalue weighted by molar-refractivity contribution is 0.440. The van der Waals surface area contributed by atoms with Gasteiger partial charge in [-0.15, -0.1) is 0 Å². The lowest BCUT2D eigenvalue weighted by atomic mass is 9.98. The first-order valence-electron chi connectivity index (χ1n) is 5.38. The number of nitrogens with one attached hydrogen (secondary N) is 1. The Kier molecular flexibility index (Phi) is 4.17. The smallest absolute Gasteiger partial charge is 0.101 e. The summed E-state index contributed by atoms with van der Waals surface area (Å²) in [5.74, 6) is 1.27. The highest BCUT2D eigenvalue weighted by Crippen LogP contribution is 2.16. The Bertz CT molecular complexity index is 350. The van der Waals surface area contributed by atoms with E-state index in [1.807, 2.05) is 24.3 Å².